The van der Waals surface area contributed by atoms with Gasteiger partial charge in [0.25, 0.3) is 0 Å². The molecule has 2 atom stereocenters. The SMILES string of the molecule is CCCCCCC1COC(Cn2cncn2)(c2ccc(Cl)cc2Cl)O1. The van der Waals surface area contributed by atoms with E-state index in [0.717, 1.165) is 18.4 Å². The molecule has 1 aliphatic heterocycles. The van der Waals surface area contributed by atoms with E-state index in [9.17, 15) is 0 Å². The smallest absolute Gasteiger partial charge is 0.217 e. The Bertz CT molecular complexity index is 681. The van der Waals surface area contributed by atoms with Gasteiger partial charge in [0.15, 0.2) is 0 Å². The van der Waals surface area contributed by atoms with Gasteiger partial charge in [0, 0.05) is 10.6 Å². The lowest BCUT2D eigenvalue weighted by Crippen LogP contribution is -2.34. The third-order valence-electron chi connectivity index (χ3n) is 4.42. The third-order valence-corrected chi connectivity index (χ3v) is 4.97. The largest absolute Gasteiger partial charge is 0.342 e. The highest BCUT2D eigenvalue weighted by Gasteiger charge is 2.45. The summed E-state index contributed by atoms with van der Waals surface area (Å²) < 4.78 is 14.2. The Balaban J connectivity index is 1.79. The van der Waals surface area contributed by atoms with E-state index in [0.29, 0.717) is 23.2 Å². The molecule has 3 rings (SSSR count). The van der Waals surface area contributed by atoms with Crippen molar-refractivity contribution in [3.63, 3.8) is 0 Å². The molecule has 0 bridgehead atoms. The number of unbranched alkanes of at least 4 members (excludes halogenated alkanes) is 3. The summed E-state index contributed by atoms with van der Waals surface area (Å²) in [6.07, 6.45) is 8.99. The minimum atomic E-state index is -0.967. The van der Waals surface area contributed by atoms with Crippen molar-refractivity contribution in [3.8, 4) is 0 Å². The van der Waals surface area contributed by atoms with Crippen molar-refractivity contribution >= 4 is 23.2 Å². The molecule has 1 aliphatic rings. The minimum Gasteiger partial charge on any atom is -0.342 e. The fourth-order valence-electron chi connectivity index (χ4n) is 3.14. The van der Waals surface area contributed by atoms with Gasteiger partial charge in [-0.1, -0.05) is 61.9 Å². The second-order valence-electron chi connectivity index (χ2n) is 6.37. The summed E-state index contributed by atoms with van der Waals surface area (Å²) in [6, 6.07) is 5.37. The molecular formula is C18H23Cl2N3O2. The molecule has 1 aromatic heterocycles. The average Bonchev–Trinajstić information content (AvgIpc) is 3.22. The maximum atomic E-state index is 6.44. The Kier molecular flexibility index (Phi) is 6.34. The molecule has 25 heavy (non-hydrogen) atoms. The Morgan fingerprint density at radius 1 is 1.28 bits per heavy atom. The van der Waals surface area contributed by atoms with Gasteiger partial charge in [-0.3, -0.25) is 0 Å². The number of hydrogen-bond acceptors (Lipinski definition) is 4. The molecule has 136 valence electrons. The molecule has 7 heteroatoms. The van der Waals surface area contributed by atoms with Crippen molar-refractivity contribution in [3.05, 3.63) is 46.5 Å². The van der Waals surface area contributed by atoms with Gasteiger partial charge in [-0.05, 0) is 18.6 Å². The van der Waals surface area contributed by atoms with Crippen LogP contribution in [0, 0.1) is 0 Å². The van der Waals surface area contributed by atoms with Crippen molar-refractivity contribution in [2.45, 2.75) is 57.5 Å². The van der Waals surface area contributed by atoms with Gasteiger partial charge in [-0.15, -0.1) is 0 Å². The normalized spacial score (nSPS) is 23.2. The first-order valence-corrected chi connectivity index (χ1v) is 9.48. The summed E-state index contributed by atoms with van der Waals surface area (Å²) in [5.41, 5.74) is 0.769. The van der Waals surface area contributed by atoms with Crippen LogP contribution in [0.1, 0.15) is 44.6 Å². The summed E-state index contributed by atoms with van der Waals surface area (Å²) in [7, 11) is 0. The maximum Gasteiger partial charge on any atom is 0.217 e. The van der Waals surface area contributed by atoms with Crippen molar-refractivity contribution in [2.24, 2.45) is 0 Å². The lowest BCUT2D eigenvalue weighted by atomic mass is 10.1. The van der Waals surface area contributed by atoms with Crippen LogP contribution in [0.5, 0.6) is 0 Å². The van der Waals surface area contributed by atoms with E-state index in [4.69, 9.17) is 32.7 Å². The fourth-order valence-corrected chi connectivity index (χ4v) is 3.69. The fraction of sp³-hybridized carbons (Fsp3) is 0.556. The number of hydrogen-bond donors (Lipinski definition) is 0. The molecule has 1 fully saturated rings. The first-order valence-electron chi connectivity index (χ1n) is 8.72. The Morgan fingerprint density at radius 3 is 2.88 bits per heavy atom. The predicted octanol–water partition coefficient (Wildman–Crippen LogP) is 4.82. The summed E-state index contributed by atoms with van der Waals surface area (Å²) in [5, 5.41) is 5.29. The van der Waals surface area contributed by atoms with Crippen molar-refractivity contribution < 1.29 is 9.47 Å². The van der Waals surface area contributed by atoms with Crippen LogP contribution in [0.25, 0.3) is 0 Å². The number of ether oxygens (including phenoxy) is 2. The molecule has 0 radical (unpaired) electrons. The standard InChI is InChI=1S/C18H23Cl2N3O2/c1-2-3-4-5-6-15-10-24-18(25-15,11-23-13-21-12-22-23)16-8-7-14(19)9-17(16)20/h7-9,12-13,15H,2-6,10-11H2,1H3. The van der Waals surface area contributed by atoms with Crippen LogP contribution in [0.4, 0.5) is 0 Å². The average molecular weight is 384 g/mol. The molecule has 0 N–H and O–H groups in total. The van der Waals surface area contributed by atoms with Crippen LogP contribution in [0.3, 0.4) is 0 Å². The molecule has 0 spiro atoms. The number of aromatic nitrogens is 3. The zero-order chi connectivity index (χ0) is 17.7. The van der Waals surface area contributed by atoms with Gasteiger partial charge in [0.2, 0.25) is 5.79 Å². The summed E-state index contributed by atoms with van der Waals surface area (Å²) in [4.78, 5) is 4.00. The molecule has 0 saturated carbocycles. The minimum absolute atomic E-state index is 0.0483. The van der Waals surface area contributed by atoms with Crippen molar-refractivity contribution in [1.82, 2.24) is 14.8 Å². The number of rotatable bonds is 8. The second kappa shape index (κ2) is 8.49. The zero-order valence-electron chi connectivity index (χ0n) is 14.3. The van der Waals surface area contributed by atoms with Crippen LogP contribution >= 0.6 is 23.2 Å². The van der Waals surface area contributed by atoms with Gasteiger partial charge in [0.1, 0.15) is 19.2 Å². The zero-order valence-corrected chi connectivity index (χ0v) is 15.8. The molecule has 2 heterocycles. The van der Waals surface area contributed by atoms with Crippen LogP contribution in [-0.4, -0.2) is 27.5 Å². The van der Waals surface area contributed by atoms with E-state index < -0.39 is 5.79 Å². The summed E-state index contributed by atoms with van der Waals surface area (Å²) in [5.74, 6) is -0.967. The number of benzene rings is 1. The van der Waals surface area contributed by atoms with E-state index in [1.807, 2.05) is 6.07 Å². The maximum absolute atomic E-state index is 6.44. The molecule has 1 aromatic carbocycles. The lowest BCUT2D eigenvalue weighted by Gasteiger charge is -2.29. The van der Waals surface area contributed by atoms with Gasteiger partial charge >= 0.3 is 0 Å². The van der Waals surface area contributed by atoms with E-state index in [-0.39, 0.29) is 6.10 Å². The molecule has 0 aliphatic carbocycles. The van der Waals surface area contributed by atoms with E-state index >= 15 is 0 Å². The summed E-state index contributed by atoms with van der Waals surface area (Å²) in [6.45, 7) is 3.14. The molecule has 5 nitrogen and oxygen atoms in total. The number of nitrogens with zero attached hydrogens (tertiary/aromatic N) is 3. The highest BCUT2D eigenvalue weighted by atomic mass is 35.5. The van der Waals surface area contributed by atoms with Crippen LogP contribution in [0.15, 0.2) is 30.9 Å². The van der Waals surface area contributed by atoms with Crippen molar-refractivity contribution in [1.29, 1.82) is 0 Å². The van der Waals surface area contributed by atoms with Crippen LogP contribution in [0.2, 0.25) is 10.0 Å². The van der Waals surface area contributed by atoms with E-state index in [1.165, 1.54) is 25.6 Å². The quantitative estimate of drug-likeness (QED) is 0.612. The Labute approximate surface area is 158 Å². The van der Waals surface area contributed by atoms with Gasteiger partial charge in [-0.2, -0.15) is 5.10 Å². The van der Waals surface area contributed by atoms with E-state index in [1.54, 1.807) is 23.1 Å². The Hall–Kier alpha value is -1.14. The Morgan fingerprint density at radius 2 is 2.16 bits per heavy atom. The van der Waals surface area contributed by atoms with Gasteiger partial charge in [-0.25, -0.2) is 9.67 Å². The summed E-state index contributed by atoms with van der Waals surface area (Å²) >= 11 is 12.5. The highest BCUT2D eigenvalue weighted by molar-refractivity contribution is 6.35. The third kappa shape index (κ3) is 4.53. The van der Waals surface area contributed by atoms with Gasteiger partial charge in [0.05, 0.1) is 17.7 Å². The van der Waals surface area contributed by atoms with Crippen molar-refractivity contribution in [2.75, 3.05) is 6.61 Å². The predicted molar refractivity (Wildman–Crippen MR) is 97.7 cm³/mol. The molecule has 2 unspecified atom stereocenters. The molecule has 1 saturated heterocycles. The highest BCUT2D eigenvalue weighted by Crippen LogP contribution is 2.41. The number of halogens is 2. The van der Waals surface area contributed by atoms with Gasteiger partial charge < -0.3 is 9.47 Å². The van der Waals surface area contributed by atoms with Crippen LogP contribution < -0.4 is 0 Å². The molecule has 2 aromatic rings. The molecule has 0 amide bonds. The second-order valence-corrected chi connectivity index (χ2v) is 7.21. The van der Waals surface area contributed by atoms with E-state index in [2.05, 4.69) is 17.0 Å². The monoisotopic (exact) mass is 383 g/mol. The first kappa shape index (κ1) is 18.6. The van der Waals surface area contributed by atoms with Crippen LogP contribution in [-0.2, 0) is 21.8 Å². The first-order chi connectivity index (χ1) is 12.1. The topological polar surface area (TPSA) is 49.2 Å². The molecular weight excluding hydrogens is 361 g/mol. The lowest BCUT2D eigenvalue weighted by molar-refractivity contribution is -0.189.